The standard InChI is InChI=1S/C15H16N6O2/c22-13(11-5-1-2-7-16-11)19-20-14(23)12-6-3-10-21(12)15-17-8-4-9-18-15/h1-2,4-5,7-9,12H,3,6,10H2,(H,19,22)(H,20,23). The first kappa shape index (κ1) is 14.9. The maximum absolute atomic E-state index is 12.3. The summed E-state index contributed by atoms with van der Waals surface area (Å²) in [6.45, 7) is 0.705. The Bertz CT molecular complexity index is 679. The van der Waals surface area contributed by atoms with Gasteiger partial charge >= 0.3 is 0 Å². The summed E-state index contributed by atoms with van der Waals surface area (Å²) in [5.74, 6) is -0.236. The molecule has 3 heterocycles. The molecule has 118 valence electrons. The average Bonchev–Trinajstić information content (AvgIpc) is 3.11. The van der Waals surface area contributed by atoms with E-state index in [4.69, 9.17) is 0 Å². The topological polar surface area (TPSA) is 100 Å². The number of carbonyl (C=O) groups is 2. The Kier molecular flexibility index (Phi) is 4.41. The largest absolute Gasteiger partial charge is 0.329 e. The second kappa shape index (κ2) is 6.82. The molecule has 0 spiro atoms. The number of pyridine rings is 1. The normalized spacial score (nSPS) is 16.9. The predicted octanol–water partition coefficient (Wildman–Crippen LogP) is 0.302. The molecule has 2 amide bonds. The van der Waals surface area contributed by atoms with Gasteiger partial charge in [-0.3, -0.25) is 25.4 Å². The van der Waals surface area contributed by atoms with Gasteiger partial charge in [-0.25, -0.2) is 9.97 Å². The minimum Gasteiger partial charge on any atom is -0.329 e. The Labute approximate surface area is 132 Å². The molecule has 2 N–H and O–H groups in total. The van der Waals surface area contributed by atoms with Crippen LogP contribution < -0.4 is 15.8 Å². The fraction of sp³-hybridized carbons (Fsp3) is 0.267. The van der Waals surface area contributed by atoms with Crippen LogP contribution in [0.4, 0.5) is 5.95 Å². The van der Waals surface area contributed by atoms with Crippen LogP contribution in [0, 0.1) is 0 Å². The lowest BCUT2D eigenvalue weighted by Crippen LogP contribution is -2.50. The van der Waals surface area contributed by atoms with Crippen LogP contribution in [-0.4, -0.2) is 39.4 Å². The minimum absolute atomic E-state index is 0.238. The van der Waals surface area contributed by atoms with E-state index in [1.54, 1.807) is 36.7 Å². The molecule has 1 fully saturated rings. The zero-order valence-corrected chi connectivity index (χ0v) is 12.3. The monoisotopic (exact) mass is 312 g/mol. The highest BCUT2D eigenvalue weighted by atomic mass is 16.2. The summed E-state index contributed by atoms with van der Waals surface area (Å²) in [5, 5.41) is 0. The molecule has 1 aliphatic rings. The fourth-order valence-electron chi connectivity index (χ4n) is 2.48. The van der Waals surface area contributed by atoms with Crippen LogP contribution in [0.3, 0.4) is 0 Å². The van der Waals surface area contributed by atoms with Crippen molar-refractivity contribution in [3.8, 4) is 0 Å². The van der Waals surface area contributed by atoms with Crippen molar-refractivity contribution in [2.75, 3.05) is 11.4 Å². The third-order valence-corrected chi connectivity index (χ3v) is 3.56. The first-order valence-electron chi connectivity index (χ1n) is 7.30. The molecule has 0 aliphatic carbocycles. The molecule has 1 aliphatic heterocycles. The molecule has 1 saturated heterocycles. The van der Waals surface area contributed by atoms with E-state index >= 15 is 0 Å². The van der Waals surface area contributed by atoms with Gasteiger partial charge in [-0.2, -0.15) is 0 Å². The van der Waals surface area contributed by atoms with Crippen LogP contribution in [0.1, 0.15) is 23.3 Å². The summed E-state index contributed by atoms with van der Waals surface area (Å²) < 4.78 is 0. The number of hydrogen-bond acceptors (Lipinski definition) is 6. The highest BCUT2D eigenvalue weighted by molar-refractivity contribution is 5.94. The molecule has 0 aromatic carbocycles. The molecule has 23 heavy (non-hydrogen) atoms. The van der Waals surface area contributed by atoms with Gasteiger partial charge in [0.1, 0.15) is 11.7 Å². The van der Waals surface area contributed by atoms with Gasteiger partial charge in [-0.15, -0.1) is 0 Å². The maximum Gasteiger partial charge on any atom is 0.288 e. The molecule has 3 rings (SSSR count). The number of hydrazine groups is 1. The van der Waals surface area contributed by atoms with Crippen LogP contribution in [0.5, 0.6) is 0 Å². The van der Waals surface area contributed by atoms with E-state index in [2.05, 4.69) is 25.8 Å². The Hall–Kier alpha value is -3.03. The molecule has 8 nitrogen and oxygen atoms in total. The Morgan fingerprint density at radius 2 is 1.83 bits per heavy atom. The summed E-state index contributed by atoms with van der Waals surface area (Å²) in [5.41, 5.74) is 5.06. The SMILES string of the molecule is O=C(NNC(=O)C1CCCN1c1ncccn1)c1ccccn1. The van der Waals surface area contributed by atoms with Crippen molar-refractivity contribution in [3.63, 3.8) is 0 Å². The number of nitrogens with zero attached hydrogens (tertiary/aromatic N) is 4. The molecule has 2 aromatic heterocycles. The highest BCUT2D eigenvalue weighted by Gasteiger charge is 2.32. The predicted molar refractivity (Wildman–Crippen MR) is 82.2 cm³/mol. The Morgan fingerprint density at radius 1 is 1.04 bits per heavy atom. The molecular weight excluding hydrogens is 296 g/mol. The number of carbonyl (C=O) groups excluding carboxylic acids is 2. The van der Waals surface area contributed by atoms with Gasteiger partial charge in [-0.1, -0.05) is 6.07 Å². The number of rotatable bonds is 3. The Balaban J connectivity index is 1.60. The third kappa shape index (κ3) is 3.42. The Morgan fingerprint density at radius 3 is 2.57 bits per heavy atom. The third-order valence-electron chi connectivity index (χ3n) is 3.56. The smallest absolute Gasteiger partial charge is 0.288 e. The molecule has 0 saturated carbocycles. The van der Waals surface area contributed by atoms with Crippen LogP contribution in [0.15, 0.2) is 42.9 Å². The first-order chi connectivity index (χ1) is 11.3. The molecule has 1 unspecified atom stereocenters. The summed E-state index contributed by atoms with van der Waals surface area (Å²) in [4.78, 5) is 38.3. The van der Waals surface area contributed by atoms with Gasteiger partial charge in [0.2, 0.25) is 5.95 Å². The van der Waals surface area contributed by atoms with Gasteiger partial charge < -0.3 is 4.90 Å². The lowest BCUT2D eigenvalue weighted by Gasteiger charge is -2.23. The molecule has 2 aromatic rings. The van der Waals surface area contributed by atoms with Crippen molar-refractivity contribution < 1.29 is 9.59 Å². The van der Waals surface area contributed by atoms with Crippen molar-refractivity contribution in [3.05, 3.63) is 48.5 Å². The second-order valence-electron chi connectivity index (χ2n) is 5.06. The molecule has 8 heteroatoms. The van der Waals surface area contributed by atoms with Crippen molar-refractivity contribution in [2.24, 2.45) is 0 Å². The number of amides is 2. The summed E-state index contributed by atoms with van der Waals surface area (Å²) in [6, 6.07) is 6.31. The average molecular weight is 312 g/mol. The number of hydrogen-bond donors (Lipinski definition) is 2. The van der Waals surface area contributed by atoms with E-state index in [9.17, 15) is 9.59 Å². The zero-order valence-electron chi connectivity index (χ0n) is 12.3. The molecule has 1 atom stereocenters. The van der Waals surface area contributed by atoms with Gasteiger partial charge in [0.15, 0.2) is 0 Å². The first-order valence-corrected chi connectivity index (χ1v) is 7.30. The van der Waals surface area contributed by atoms with Gasteiger partial charge in [0.05, 0.1) is 0 Å². The van der Waals surface area contributed by atoms with Crippen LogP contribution >= 0.6 is 0 Å². The number of anilines is 1. The summed E-state index contributed by atoms with van der Waals surface area (Å²) in [7, 11) is 0. The van der Waals surface area contributed by atoms with Crippen molar-refractivity contribution in [1.29, 1.82) is 0 Å². The molecule has 0 bridgehead atoms. The van der Waals surface area contributed by atoms with E-state index in [0.717, 1.165) is 6.42 Å². The van der Waals surface area contributed by atoms with Crippen LogP contribution in [0.2, 0.25) is 0 Å². The van der Waals surface area contributed by atoms with Crippen molar-refractivity contribution >= 4 is 17.8 Å². The summed E-state index contributed by atoms with van der Waals surface area (Å²) >= 11 is 0. The van der Waals surface area contributed by atoms with Gasteiger partial charge in [-0.05, 0) is 31.0 Å². The number of aromatic nitrogens is 3. The van der Waals surface area contributed by atoms with Gasteiger partial charge in [0.25, 0.3) is 11.8 Å². The quantitative estimate of drug-likeness (QED) is 0.791. The van der Waals surface area contributed by atoms with Crippen LogP contribution in [-0.2, 0) is 4.79 Å². The summed E-state index contributed by atoms with van der Waals surface area (Å²) in [6.07, 6.45) is 6.34. The van der Waals surface area contributed by atoms with Crippen LogP contribution in [0.25, 0.3) is 0 Å². The molecule has 0 radical (unpaired) electrons. The zero-order chi connectivity index (χ0) is 16.1. The van der Waals surface area contributed by atoms with E-state index in [-0.39, 0.29) is 11.6 Å². The highest BCUT2D eigenvalue weighted by Crippen LogP contribution is 2.21. The minimum atomic E-state index is -0.459. The fourth-order valence-corrected chi connectivity index (χ4v) is 2.48. The van der Waals surface area contributed by atoms with E-state index in [0.29, 0.717) is 18.9 Å². The maximum atomic E-state index is 12.3. The second-order valence-corrected chi connectivity index (χ2v) is 5.06. The van der Waals surface area contributed by atoms with E-state index in [1.165, 1.54) is 6.20 Å². The lowest BCUT2D eigenvalue weighted by molar-refractivity contribution is -0.123. The lowest BCUT2D eigenvalue weighted by atomic mass is 10.2. The molecular formula is C15H16N6O2. The van der Waals surface area contributed by atoms with Crippen molar-refractivity contribution in [2.45, 2.75) is 18.9 Å². The number of nitrogens with one attached hydrogen (secondary N) is 2. The van der Waals surface area contributed by atoms with E-state index in [1.807, 2.05) is 4.90 Å². The van der Waals surface area contributed by atoms with E-state index < -0.39 is 11.9 Å². The van der Waals surface area contributed by atoms with Crippen molar-refractivity contribution in [1.82, 2.24) is 25.8 Å². The van der Waals surface area contributed by atoms with Gasteiger partial charge in [0, 0.05) is 25.1 Å².